The largest absolute Gasteiger partial charge is 0.415 e. The second kappa shape index (κ2) is 9.88. The predicted octanol–water partition coefficient (Wildman–Crippen LogP) is 6.48. The predicted molar refractivity (Wildman–Crippen MR) is 129 cm³/mol. The van der Waals surface area contributed by atoms with Crippen molar-refractivity contribution in [1.82, 2.24) is 9.97 Å². The van der Waals surface area contributed by atoms with E-state index in [-0.39, 0.29) is 11.1 Å². The number of nitrogens with one attached hydrogen (secondary N) is 1. The van der Waals surface area contributed by atoms with E-state index in [0.29, 0.717) is 39.2 Å². The van der Waals surface area contributed by atoms with Gasteiger partial charge < -0.3 is 15.5 Å². The van der Waals surface area contributed by atoms with Crippen molar-refractivity contribution in [2.24, 2.45) is 0 Å². The summed E-state index contributed by atoms with van der Waals surface area (Å²) in [4.78, 5) is 8.89. The van der Waals surface area contributed by atoms with Crippen LogP contribution >= 0.6 is 35.0 Å². The monoisotopic (exact) mass is 472 g/mol. The maximum Gasteiger partial charge on any atom is 0.192 e. The van der Waals surface area contributed by atoms with E-state index in [4.69, 9.17) is 33.4 Å². The Bertz CT molecular complexity index is 846. The van der Waals surface area contributed by atoms with Gasteiger partial charge in [-0.25, -0.2) is 9.97 Å². The molecule has 0 spiro atoms. The second-order valence-corrected chi connectivity index (χ2v) is 15.1. The number of nitrogens with two attached hydrogens (primary N) is 1. The van der Waals surface area contributed by atoms with Gasteiger partial charge >= 0.3 is 0 Å². The van der Waals surface area contributed by atoms with Gasteiger partial charge in [0.2, 0.25) is 0 Å². The van der Waals surface area contributed by atoms with E-state index in [1.807, 2.05) is 12.1 Å². The van der Waals surface area contributed by atoms with Gasteiger partial charge in [0, 0.05) is 17.9 Å². The van der Waals surface area contributed by atoms with Crippen molar-refractivity contribution < 1.29 is 4.43 Å². The number of hydrogen-bond donors (Lipinski definition) is 2. The number of nitrogen functional groups attached to an aromatic ring is 1. The Morgan fingerprint density at radius 3 is 2.59 bits per heavy atom. The van der Waals surface area contributed by atoms with Gasteiger partial charge in [0.1, 0.15) is 11.6 Å². The SMILES string of the molecule is CC(CO[Si](C)(C)C(C)(C)C)Nc1cc(N)nc(SCc2cccc(Cl)c2Cl)n1. The summed E-state index contributed by atoms with van der Waals surface area (Å²) in [5, 5.41) is 5.23. The van der Waals surface area contributed by atoms with Crippen molar-refractivity contribution in [3.8, 4) is 0 Å². The van der Waals surface area contributed by atoms with Gasteiger partial charge in [-0.1, -0.05) is 67.9 Å². The average molecular weight is 474 g/mol. The molecule has 0 amide bonds. The van der Waals surface area contributed by atoms with Gasteiger partial charge in [-0.15, -0.1) is 0 Å². The normalized spacial score (nSPS) is 13.4. The highest BCUT2D eigenvalue weighted by molar-refractivity contribution is 7.98. The summed E-state index contributed by atoms with van der Waals surface area (Å²) in [6.07, 6.45) is 0. The minimum atomic E-state index is -1.79. The van der Waals surface area contributed by atoms with Crippen molar-refractivity contribution in [3.63, 3.8) is 0 Å². The third kappa shape index (κ3) is 7.03. The molecule has 5 nitrogen and oxygen atoms in total. The van der Waals surface area contributed by atoms with Gasteiger partial charge in [0.25, 0.3) is 0 Å². The molecule has 3 N–H and O–H groups in total. The molecule has 2 aromatic rings. The molecule has 29 heavy (non-hydrogen) atoms. The Balaban J connectivity index is 2.00. The van der Waals surface area contributed by atoms with Crippen LogP contribution in [0.3, 0.4) is 0 Å². The van der Waals surface area contributed by atoms with Crippen molar-refractivity contribution in [2.45, 2.75) is 62.8 Å². The zero-order valence-corrected chi connectivity index (χ0v) is 21.2. The Morgan fingerprint density at radius 2 is 1.93 bits per heavy atom. The number of anilines is 2. The molecule has 1 aromatic heterocycles. The summed E-state index contributed by atoms with van der Waals surface area (Å²) in [7, 11) is -1.79. The summed E-state index contributed by atoms with van der Waals surface area (Å²) < 4.78 is 6.29. The molecular formula is C20H30Cl2N4OSSi. The quantitative estimate of drug-likeness (QED) is 0.260. The summed E-state index contributed by atoms with van der Waals surface area (Å²) in [5.74, 6) is 1.70. The van der Waals surface area contributed by atoms with Crippen LogP contribution < -0.4 is 11.1 Å². The van der Waals surface area contributed by atoms with Gasteiger partial charge in [-0.2, -0.15) is 0 Å². The molecule has 1 heterocycles. The van der Waals surface area contributed by atoms with E-state index < -0.39 is 8.32 Å². The Morgan fingerprint density at radius 1 is 1.24 bits per heavy atom. The van der Waals surface area contributed by atoms with E-state index in [9.17, 15) is 0 Å². The molecule has 0 aliphatic heterocycles. The van der Waals surface area contributed by atoms with Crippen LogP contribution in [-0.2, 0) is 10.2 Å². The standard InChI is InChI=1S/C20H30Cl2N4OSSi/c1-13(11-27-29(5,6)20(2,3)4)24-17-10-16(23)25-19(26-17)28-12-14-8-7-9-15(21)18(14)22/h7-10,13H,11-12H2,1-6H3,(H3,23,24,25,26). The lowest BCUT2D eigenvalue weighted by Crippen LogP contribution is -2.43. The van der Waals surface area contributed by atoms with Crippen LogP contribution in [0.15, 0.2) is 29.4 Å². The van der Waals surface area contributed by atoms with Gasteiger partial charge in [-0.05, 0) is 36.7 Å². The minimum Gasteiger partial charge on any atom is -0.415 e. The van der Waals surface area contributed by atoms with E-state index in [0.717, 1.165) is 5.56 Å². The van der Waals surface area contributed by atoms with Crippen LogP contribution in [0.1, 0.15) is 33.3 Å². The van der Waals surface area contributed by atoms with Crippen LogP contribution in [-0.4, -0.2) is 30.9 Å². The lowest BCUT2D eigenvalue weighted by molar-refractivity contribution is 0.276. The fourth-order valence-electron chi connectivity index (χ4n) is 2.23. The van der Waals surface area contributed by atoms with Crippen molar-refractivity contribution in [3.05, 3.63) is 39.9 Å². The summed E-state index contributed by atoms with van der Waals surface area (Å²) >= 11 is 13.8. The molecule has 0 aliphatic carbocycles. The lowest BCUT2D eigenvalue weighted by atomic mass is 10.2. The maximum absolute atomic E-state index is 6.29. The van der Waals surface area contributed by atoms with Crippen molar-refractivity contribution in [1.29, 1.82) is 0 Å². The van der Waals surface area contributed by atoms with Crippen LogP contribution in [0.5, 0.6) is 0 Å². The number of benzene rings is 1. The second-order valence-electron chi connectivity index (χ2n) is 8.58. The molecule has 0 radical (unpaired) electrons. The van der Waals surface area contributed by atoms with Crippen molar-refractivity contribution in [2.75, 3.05) is 17.7 Å². The molecule has 1 atom stereocenters. The minimum absolute atomic E-state index is 0.0960. The topological polar surface area (TPSA) is 73.1 Å². The van der Waals surface area contributed by atoms with Crippen LogP contribution in [0.4, 0.5) is 11.6 Å². The zero-order chi connectivity index (χ0) is 21.8. The molecule has 9 heteroatoms. The summed E-state index contributed by atoms with van der Waals surface area (Å²) in [5.41, 5.74) is 6.91. The Labute approximate surface area is 189 Å². The molecule has 0 saturated carbocycles. The zero-order valence-electron chi connectivity index (χ0n) is 17.8. The molecule has 160 valence electrons. The molecule has 2 rings (SSSR count). The number of rotatable bonds is 8. The first-order valence-corrected chi connectivity index (χ1v) is 14.1. The highest BCUT2D eigenvalue weighted by atomic mass is 35.5. The molecule has 0 saturated heterocycles. The number of halogens is 2. The van der Waals surface area contributed by atoms with Crippen LogP contribution in [0.25, 0.3) is 0 Å². The van der Waals surface area contributed by atoms with E-state index in [2.05, 4.69) is 56.1 Å². The van der Waals surface area contributed by atoms with Crippen LogP contribution in [0.2, 0.25) is 28.2 Å². The molecule has 0 bridgehead atoms. The van der Waals surface area contributed by atoms with Crippen LogP contribution in [0, 0.1) is 0 Å². The molecule has 1 unspecified atom stereocenters. The molecule has 0 aliphatic rings. The van der Waals surface area contributed by atoms with Crippen molar-refractivity contribution >= 4 is 54.9 Å². The Hall–Kier alpha value is -0.993. The fourth-order valence-corrected chi connectivity index (χ4v) is 4.65. The van der Waals surface area contributed by atoms with Gasteiger partial charge in [-0.3, -0.25) is 0 Å². The highest BCUT2D eigenvalue weighted by Gasteiger charge is 2.37. The first kappa shape index (κ1) is 24.3. The number of hydrogen-bond acceptors (Lipinski definition) is 6. The first-order valence-electron chi connectivity index (χ1n) is 9.50. The molecule has 1 aromatic carbocycles. The highest BCUT2D eigenvalue weighted by Crippen LogP contribution is 2.36. The number of thioether (sulfide) groups is 1. The Kier molecular flexibility index (Phi) is 8.27. The van der Waals surface area contributed by atoms with E-state index in [1.54, 1.807) is 12.1 Å². The summed E-state index contributed by atoms with van der Waals surface area (Å²) in [6, 6.07) is 7.41. The third-order valence-electron chi connectivity index (χ3n) is 5.01. The van der Waals surface area contributed by atoms with E-state index in [1.165, 1.54) is 11.8 Å². The number of nitrogens with zero attached hydrogens (tertiary/aromatic N) is 2. The first-order chi connectivity index (χ1) is 13.4. The average Bonchev–Trinajstić information content (AvgIpc) is 2.60. The van der Waals surface area contributed by atoms with Gasteiger partial charge in [0.05, 0.1) is 16.7 Å². The fraction of sp³-hybridized carbons (Fsp3) is 0.500. The maximum atomic E-state index is 6.29. The summed E-state index contributed by atoms with van der Waals surface area (Å²) in [6.45, 7) is 13.9. The smallest absolute Gasteiger partial charge is 0.192 e. The number of aromatic nitrogens is 2. The molecule has 0 fully saturated rings. The van der Waals surface area contributed by atoms with E-state index >= 15 is 0 Å². The molecular weight excluding hydrogens is 443 g/mol. The van der Waals surface area contributed by atoms with Gasteiger partial charge in [0.15, 0.2) is 13.5 Å². The third-order valence-corrected chi connectivity index (χ3v) is 11.3. The lowest BCUT2D eigenvalue weighted by Gasteiger charge is -2.37.